The average Bonchev–Trinajstić information content (AvgIpc) is 3.22. The molecule has 1 aromatic carbocycles. The van der Waals surface area contributed by atoms with Crippen molar-refractivity contribution in [1.82, 2.24) is 10.3 Å². The van der Waals surface area contributed by atoms with Crippen LogP contribution in [0.3, 0.4) is 0 Å². The topological polar surface area (TPSA) is 99.6 Å². The van der Waals surface area contributed by atoms with E-state index >= 15 is 0 Å². The molecule has 2 fully saturated rings. The first-order valence-corrected chi connectivity index (χ1v) is 9.86. The maximum Gasteiger partial charge on any atom is 0.324 e. The fraction of sp³-hybridized carbons (Fsp3) is 0.364. The molecule has 4 atom stereocenters. The van der Waals surface area contributed by atoms with E-state index in [1.807, 2.05) is 6.92 Å². The van der Waals surface area contributed by atoms with E-state index in [4.69, 9.17) is 0 Å². The molecule has 2 aliphatic rings. The molecule has 0 aliphatic carbocycles. The van der Waals surface area contributed by atoms with Crippen molar-refractivity contribution in [3.8, 4) is 0 Å². The zero-order chi connectivity index (χ0) is 20.6. The van der Waals surface area contributed by atoms with E-state index in [1.165, 1.54) is 0 Å². The first-order valence-electron chi connectivity index (χ1n) is 9.86. The largest absolute Gasteiger partial charge is 0.480 e. The van der Waals surface area contributed by atoms with Crippen LogP contribution in [0, 0.1) is 11.8 Å². The molecule has 29 heavy (non-hydrogen) atoms. The fourth-order valence-electron chi connectivity index (χ4n) is 4.64. The SMILES string of the molecule is CCCCC1(C(=O)O)NC(c2ccccn2)C2C(=O)N(c3ccccc3)C(=O)C21. The third-order valence-corrected chi connectivity index (χ3v) is 5.98. The van der Waals surface area contributed by atoms with Gasteiger partial charge in [0.25, 0.3) is 0 Å². The number of fused-ring (bicyclic) bond motifs is 1. The summed E-state index contributed by atoms with van der Waals surface area (Å²) in [5.74, 6) is -3.74. The van der Waals surface area contributed by atoms with Crippen LogP contribution >= 0.6 is 0 Å². The quantitative estimate of drug-likeness (QED) is 0.732. The first-order chi connectivity index (χ1) is 14.0. The van der Waals surface area contributed by atoms with Crippen molar-refractivity contribution in [3.05, 3.63) is 60.4 Å². The van der Waals surface area contributed by atoms with Crippen molar-refractivity contribution in [2.45, 2.75) is 37.8 Å². The minimum absolute atomic E-state index is 0.269. The Labute approximate surface area is 168 Å². The highest BCUT2D eigenvalue weighted by atomic mass is 16.4. The Morgan fingerprint density at radius 1 is 1.14 bits per heavy atom. The van der Waals surface area contributed by atoms with E-state index in [0.29, 0.717) is 17.8 Å². The van der Waals surface area contributed by atoms with Crippen LogP contribution in [0.25, 0.3) is 0 Å². The van der Waals surface area contributed by atoms with Gasteiger partial charge in [-0.1, -0.05) is 44.0 Å². The molecule has 3 heterocycles. The zero-order valence-electron chi connectivity index (χ0n) is 16.1. The lowest BCUT2D eigenvalue weighted by Gasteiger charge is -2.31. The van der Waals surface area contributed by atoms with Crippen molar-refractivity contribution < 1.29 is 19.5 Å². The number of carbonyl (C=O) groups is 3. The molecule has 1 aromatic heterocycles. The molecule has 0 radical (unpaired) electrons. The Hall–Kier alpha value is -3.06. The Morgan fingerprint density at radius 2 is 1.86 bits per heavy atom. The summed E-state index contributed by atoms with van der Waals surface area (Å²) >= 11 is 0. The number of imide groups is 1. The highest BCUT2D eigenvalue weighted by molar-refractivity contribution is 6.24. The second kappa shape index (κ2) is 7.40. The highest BCUT2D eigenvalue weighted by Crippen LogP contribution is 2.51. The number of unbranched alkanes of at least 4 members (excludes halogenated alkanes) is 1. The molecule has 2 amide bonds. The number of para-hydroxylation sites is 1. The standard InChI is InChI=1S/C22H23N3O4/c1-2-3-12-22(21(28)29)17-16(18(24-22)15-11-7-8-13-23-15)19(26)25(20(17)27)14-9-5-4-6-10-14/h4-11,13,16-18,24H,2-3,12H2,1H3,(H,28,29). The maximum absolute atomic E-state index is 13.4. The number of amides is 2. The predicted octanol–water partition coefficient (Wildman–Crippen LogP) is 2.55. The van der Waals surface area contributed by atoms with Gasteiger partial charge in [-0.2, -0.15) is 0 Å². The first kappa shape index (κ1) is 19.3. The smallest absolute Gasteiger partial charge is 0.324 e. The van der Waals surface area contributed by atoms with Gasteiger partial charge in [0.1, 0.15) is 5.54 Å². The van der Waals surface area contributed by atoms with Crippen molar-refractivity contribution >= 4 is 23.5 Å². The molecule has 2 aliphatic heterocycles. The van der Waals surface area contributed by atoms with Gasteiger partial charge in [-0.25, -0.2) is 4.90 Å². The molecule has 0 saturated carbocycles. The van der Waals surface area contributed by atoms with E-state index in [0.717, 1.165) is 11.3 Å². The zero-order valence-corrected chi connectivity index (χ0v) is 16.1. The van der Waals surface area contributed by atoms with Gasteiger partial charge in [0, 0.05) is 6.20 Å². The van der Waals surface area contributed by atoms with Crippen LogP contribution in [0.2, 0.25) is 0 Å². The number of carboxylic acid groups (broad SMARTS) is 1. The highest BCUT2D eigenvalue weighted by Gasteiger charge is 2.68. The van der Waals surface area contributed by atoms with Gasteiger partial charge in [-0.15, -0.1) is 0 Å². The molecule has 4 unspecified atom stereocenters. The molecule has 0 spiro atoms. The third kappa shape index (κ3) is 2.93. The molecular formula is C22H23N3O4. The van der Waals surface area contributed by atoms with E-state index < -0.39 is 35.3 Å². The van der Waals surface area contributed by atoms with Gasteiger partial charge in [-0.05, 0) is 30.7 Å². The van der Waals surface area contributed by atoms with Gasteiger partial charge in [0.15, 0.2) is 0 Å². The van der Waals surface area contributed by atoms with Crippen molar-refractivity contribution in [2.75, 3.05) is 4.90 Å². The number of pyridine rings is 1. The summed E-state index contributed by atoms with van der Waals surface area (Å²) in [5, 5.41) is 13.4. The lowest BCUT2D eigenvalue weighted by atomic mass is 9.77. The predicted molar refractivity (Wildman–Crippen MR) is 106 cm³/mol. The number of hydrogen-bond donors (Lipinski definition) is 2. The Balaban J connectivity index is 1.84. The number of rotatable bonds is 6. The maximum atomic E-state index is 13.4. The lowest BCUT2D eigenvalue weighted by molar-refractivity contribution is -0.149. The van der Waals surface area contributed by atoms with E-state index in [1.54, 1.807) is 54.7 Å². The molecule has 2 N–H and O–H groups in total. The molecule has 7 heteroatoms. The number of nitrogens with one attached hydrogen (secondary N) is 1. The van der Waals surface area contributed by atoms with Crippen LogP contribution in [-0.4, -0.2) is 33.4 Å². The number of nitrogens with zero attached hydrogens (tertiary/aromatic N) is 2. The molecule has 0 bridgehead atoms. The number of aliphatic carboxylic acids is 1. The molecule has 4 rings (SSSR count). The van der Waals surface area contributed by atoms with Gasteiger partial charge >= 0.3 is 5.97 Å². The summed E-state index contributed by atoms with van der Waals surface area (Å²) in [6.07, 6.45) is 3.29. The van der Waals surface area contributed by atoms with Crippen LogP contribution in [0.5, 0.6) is 0 Å². The Kier molecular flexibility index (Phi) is 4.92. The fourth-order valence-corrected chi connectivity index (χ4v) is 4.64. The van der Waals surface area contributed by atoms with Crippen molar-refractivity contribution in [3.63, 3.8) is 0 Å². The lowest BCUT2D eigenvalue weighted by Crippen LogP contribution is -2.55. The monoisotopic (exact) mass is 393 g/mol. The third-order valence-electron chi connectivity index (χ3n) is 5.98. The molecule has 150 valence electrons. The second-order valence-electron chi connectivity index (χ2n) is 7.61. The summed E-state index contributed by atoms with van der Waals surface area (Å²) in [6, 6.07) is 13.4. The Morgan fingerprint density at radius 3 is 2.48 bits per heavy atom. The molecular weight excluding hydrogens is 370 g/mol. The summed E-state index contributed by atoms with van der Waals surface area (Å²) in [5.41, 5.74) is -0.469. The average molecular weight is 393 g/mol. The summed E-state index contributed by atoms with van der Waals surface area (Å²) in [7, 11) is 0. The number of carboxylic acids is 1. The number of anilines is 1. The van der Waals surface area contributed by atoms with Crippen LogP contribution in [-0.2, 0) is 14.4 Å². The van der Waals surface area contributed by atoms with Crippen LogP contribution in [0.15, 0.2) is 54.7 Å². The normalized spacial score (nSPS) is 28.6. The van der Waals surface area contributed by atoms with Gasteiger partial charge in [-0.3, -0.25) is 24.7 Å². The van der Waals surface area contributed by atoms with Gasteiger partial charge in [0.05, 0.1) is 29.3 Å². The molecule has 7 nitrogen and oxygen atoms in total. The number of hydrogen-bond acceptors (Lipinski definition) is 5. The van der Waals surface area contributed by atoms with E-state index in [9.17, 15) is 19.5 Å². The second-order valence-corrected chi connectivity index (χ2v) is 7.61. The number of benzene rings is 1. The molecule has 2 saturated heterocycles. The Bertz CT molecular complexity index is 934. The number of carbonyl (C=O) groups excluding carboxylic acids is 2. The summed E-state index contributed by atoms with van der Waals surface area (Å²) in [6.45, 7) is 1.97. The van der Waals surface area contributed by atoms with E-state index in [2.05, 4.69) is 10.3 Å². The van der Waals surface area contributed by atoms with Crippen molar-refractivity contribution in [2.24, 2.45) is 11.8 Å². The molecule has 2 aromatic rings. The van der Waals surface area contributed by atoms with Crippen LogP contribution in [0.4, 0.5) is 5.69 Å². The van der Waals surface area contributed by atoms with Crippen LogP contribution in [0.1, 0.15) is 37.9 Å². The minimum atomic E-state index is -1.50. The minimum Gasteiger partial charge on any atom is -0.480 e. The summed E-state index contributed by atoms with van der Waals surface area (Å²) < 4.78 is 0. The van der Waals surface area contributed by atoms with Crippen molar-refractivity contribution in [1.29, 1.82) is 0 Å². The van der Waals surface area contributed by atoms with Crippen LogP contribution < -0.4 is 10.2 Å². The van der Waals surface area contributed by atoms with Gasteiger partial charge < -0.3 is 5.11 Å². The van der Waals surface area contributed by atoms with E-state index in [-0.39, 0.29) is 12.3 Å². The van der Waals surface area contributed by atoms with Gasteiger partial charge in [0.2, 0.25) is 11.8 Å². The summed E-state index contributed by atoms with van der Waals surface area (Å²) in [4.78, 5) is 44.8. The number of aromatic nitrogens is 1.